The third-order valence-corrected chi connectivity index (χ3v) is 9.19. The van der Waals surface area contributed by atoms with E-state index in [-0.39, 0.29) is 17.2 Å². The third-order valence-electron chi connectivity index (χ3n) is 7.06. The molecule has 1 N–H and O–H groups in total. The van der Waals surface area contributed by atoms with Crippen LogP contribution in [0.3, 0.4) is 0 Å². The molecule has 5 aromatic rings. The summed E-state index contributed by atoms with van der Waals surface area (Å²) in [5, 5.41) is 5.56. The number of aromatic nitrogens is 2. The van der Waals surface area contributed by atoms with Crippen LogP contribution in [-0.2, 0) is 17.6 Å². The van der Waals surface area contributed by atoms with Crippen LogP contribution in [-0.4, -0.2) is 26.9 Å². The van der Waals surface area contributed by atoms with E-state index < -0.39 is 0 Å². The Morgan fingerprint density at radius 3 is 2.38 bits per heavy atom. The Labute approximate surface area is 240 Å². The highest BCUT2D eigenvalue weighted by Gasteiger charge is 2.23. The van der Waals surface area contributed by atoms with Crippen molar-refractivity contribution in [3.63, 3.8) is 0 Å². The largest absolute Gasteiger partial charge is 0.272 e. The number of hydrazone groups is 1. The molecule has 2 heterocycles. The number of nitrogens with zero attached hydrogens (tertiary/aromatic N) is 3. The lowest BCUT2D eigenvalue weighted by Crippen LogP contribution is -2.24. The third kappa shape index (κ3) is 5.37. The fraction of sp³-hybridized carbons (Fsp3) is 0.188. The van der Waals surface area contributed by atoms with E-state index in [2.05, 4.69) is 34.8 Å². The van der Waals surface area contributed by atoms with Gasteiger partial charge in [0.05, 0.1) is 22.5 Å². The lowest BCUT2D eigenvalue weighted by Gasteiger charge is -2.13. The van der Waals surface area contributed by atoms with E-state index in [9.17, 15) is 9.59 Å². The molecule has 6 rings (SSSR count). The second-order valence-corrected chi connectivity index (χ2v) is 11.8. The standard InChI is InChI=1S/C32H28N4O2S2/c1-21(22-16-18-24(19-17-22)23-10-4-2-5-11-23)34-35-28(37)20-39-32-33-30-29(26-14-8-9-15-27(26)40-30)31(38)36(32)25-12-6-3-7-13-25/h2-7,10-13,16-19H,8-9,14-15,20H2,1H3,(H,35,37). The molecule has 0 saturated heterocycles. The Hall–Kier alpha value is -4.01. The Balaban J connectivity index is 1.20. The summed E-state index contributed by atoms with van der Waals surface area (Å²) in [6.45, 7) is 1.87. The maximum atomic E-state index is 13.8. The van der Waals surface area contributed by atoms with Gasteiger partial charge in [-0.05, 0) is 67.0 Å². The number of hydrogen-bond donors (Lipinski definition) is 1. The molecule has 0 bridgehead atoms. The highest BCUT2D eigenvalue weighted by Crippen LogP contribution is 2.35. The van der Waals surface area contributed by atoms with Gasteiger partial charge in [0.1, 0.15) is 4.83 Å². The monoisotopic (exact) mass is 564 g/mol. The molecule has 0 fully saturated rings. The average Bonchev–Trinajstić information content (AvgIpc) is 3.38. The Bertz CT molecular complexity index is 1760. The van der Waals surface area contributed by atoms with E-state index in [0.29, 0.717) is 10.9 Å². The molecular weight excluding hydrogens is 537 g/mol. The van der Waals surface area contributed by atoms with Crippen molar-refractivity contribution >= 4 is 44.9 Å². The first kappa shape index (κ1) is 26.2. The fourth-order valence-electron chi connectivity index (χ4n) is 5.00. The van der Waals surface area contributed by atoms with Gasteiger partial charge in [0.15, 0.2) is 5.16 Å². The molecule has 0 unspecified atom stereocenters. The lowest BCUT2D eigenvalue weighted by atomic mass is 9.97. The minimum absolute atomic E-state index is 0.0636. The van der Waals surface area contributed by atoms with E-state index in [1.807, 2.05) is 67.6 Å². The van der Waals surface area contributed by atoms with Crippen LogP contribution in [0, 0.1) is 0 Å². The van der Waals surface area contributed by atoms with Gasteiger partial charge >= 0.3 is 0 Å². The Kier molecular flexibility index (Phi) is 7.62. The molecule has 40 heavy (non-hydrogen) atoms. The van der Waals surface area contributed by atoms with Crippen LogP contribution in [0.2, 0.25) is 0 Å². The number of carbonyl (C=O) groups excluding carboxylic acids is 1. The second kappa shape index (κ2) is 11.6. The number of thioether (sulfide) groups is 1. The van der Waals surface area contributed by atoms with Crippen LogP contribution in [0.1, 0.15) is 35.8 Å². The molecule has 200 valence electrons. The zero-order valence-electron chi connectivity index (χ0n) is 22.1. The molecule has 1 aliphatic rings. The summed E-state index contributed by atoms with van der Waals surface area (Å²) in [5.41, 5.74) is 8.42. The van der Waals surface area contributed by atoms with Crippen LogP contribution >= 0.6 is 23.1 Å². The van der Waals surface area contributed by atoms with Gasteiger partial charge in [0.2, 0.25) is 0 Å². The van der Waals surface area contributed by atoms with Gasteiger partial charge in [0, 0.05) is 4.88 Å². The van der Waals surface area contributed by atoms with Crippen molar-refractivity contribution in [2.45, 2.75) is 37.8 Å². The van der Waals surface area contributed by atoms with Gasteiger partial charge in [-0.3, -0.25) is 14.2 Å². The number of rotatable bonds is 7. The van der Waals surface area contributed by atoms with Gasteiger partial charge in [-0.2, -0.15) is 5.10 Å². The number of amides is 1. The first-order valence-electron chi connectivity index (χ1n) is 13.3. The van der Waals surface area contributed by atoms with E-state index in [1.54, 1.807) is 15.9 Å². The number of benzene rings is 3. The molecule has 0 radical (unpaired) electrons. The predicted octanol–water partition coefficient (Wildman–Crippen LogP) is 6.63. The fourth-order valence-corrected chi connectivity index (χ4v) is 7.10. The van der Waals surface area contributed by atoms with Crippen LogP contribution in [0.5, 0.6) is 0 Å². The molecule has 1 amide bonds. The number of para-hydroxylation sites is 1. The summed E-state index contributed by atoms with van der Waals surface area (Å²) in [6, 6.07) is 27.8. The van der Waals surface area contributed by atoms with Crippen molar-refractivity contribution in [2.75, 3.05) is 5.75 Å². The van der Waals surface area contributed by atoms with Crippen LogP contribution in [0.4, 0.5) is 0 Å². The van der Waals surface area contributed by atoms with E-state index in [1.165, 1.54) is 16.6 Å². The number of fused-ring (bicyclic) bond motifs is 3. The summed E-state index contributed by atoms with van der Waals surface area (Å²) in [7, 11) is 0. The molecule has 3 aromatic carbocycles. The van der Waals surface area contributed by atoms with Crippen molar-refractivity contribution in [1.82, 2.24) is 15.0 Å². The molecule has 0 atom stereocenters. The van der Waals surface area contributed by atoms with Gasteiger partial charge in [-0.25, -0.2) is 10.4 Å². The molecule has 8 heteroatoms. The van der Waals surface area contributed by atoms with Gasteiger partial charge < -0.3 is 0 Å². The van der Waals surface area contributed by atoms with Gasteiger partial charge in [0.25, 0.3) is 11.5 Å². The van der Waals surface area contributed by atoms with Crippen molar-refractivity contribution in [2.24, 2.45) is 5.10 Å². The molecule has 0 spiro atoms. The van der Waals surface area contributed by atoms with Crippen molar-refractivity contribution in [1.29, 1.82) is 0 Å². The van der Waals surface area contributed by atoms with Crippen molar-refractivity contribution < 1.29 is 4.79 Å². The summed E-state index contributed by atoms with van der Waals surface area (Å²) in [5.74, 6) is -0.177. The Morgan fingerprint density at radius 1 is 0.950 bits per heavy atom. The number of nitrogens with one attached hydrogen (secondary N) is 1. The number of hydrogen-bond acceptors (Lipinski definition) is 6. The molecule has 2 aromatic heterocycles. The topological polar surface area (TPSA) is 76.3 Å². The summed E-state index contributed by atoms with van der Waals surface area (Å²) in [4.78, 5) is 33.5. The SMILES string of the molecule is CC(=NNC(=O)CSc1nc2sc3c(c2c(=O)n1-c1ccccc1)CCCC3)c1ccc(-c2ccccc2)cc1. The number of carbonyl (C=O) groups is 1. The van der Waals surface area contributed by atoms with Gasteiger partial charge in [-0.15, -0.1) is 11.3 Å². The second-order valence-electron chi connectivity index (χ2n) is 9.73. The molecule has 0 saturated carbocycles. The summed E-state index contributed by atoms with van der Waals surface area (Å²) >= 11 is 2.87. The zero-order chi connectivity index (χ0) is 27.5. The first-order valence-corrected chi connectivity index (χ1v) is 15.1. The van der Waals surface area contributed by atoms with E-state index in [4.69, 9.17) is 4.98 Å². The quantitative estimate of drug-likeness (QED) is 0.104. The maximum Gasteiger partial charge on any atom is 0.267 e. The molecule has 0 aliphatic heterocycles. The average molecular weight is 565 g/mol. The smallest absolute Gasteiger partial charge is 0.267 e. The predicted molar refractivity (Wildman–Crippen MR) is 165 cm³/mol. The molecule has 1 aliphatic carbocycles. The van der Waals surface area contributed by atoms with Crippen LogP contribution in [0.15, 0.2) is 100.0 Å². The lowest BCUT2D eigenvalue weighted by molar-refractivity contribution is -0.118. The van der Waals surface area contributed by atoms with E-state index >= 15 is 0 Å². The molecule has 6 nitrogen and oxygen atoms in total. The number of thiophene rings is 1. The highest BCUT2D eigenvalue weighted by atomic mass is 32.2. The Morgan fingerprint density at radius 2 is 1.62 bits per heavy atom. The van der Waals surface area contributed by atoms with Crippen LogP contribution in [0.25, 0.3) is 27.0 Å². The summed E-state index contributed by atoms with van der Waals surface area (Å²) < 4.78 is 1.64. The minimum Gasteiger partial charge on any atom is -0.272 e. The first-order chi connectivity index (χ1) is 19.6. The van der Waals surface area contributed by atoms with Crippen molar-refractivity contribution in [3.05, 3.63) is 111 Å². The minimum atomic E-state index is -0.260. The van der Waals surface area contributed by atoms with Crippen LogP contribution < -0.4 is 11.0 Å². The summed E-state index contributed by atoms with van der Waals surface area (Å²) in [6.07, 6.45) is 4.16. The normalized spacial score (nSPS) is 13.3. The highest BCUT2D eigenvalue weighted by molar-refractivity contribution is 7.99. The van der Waals surface area contributed by atoms with Gasteiger partial charge in [-0.1, -0.05) is 84.6 Å². The zero-order valence-corrected chi connectivity index (χ0v) is 23.7. The number of aryl methyl sites for hydroxylation is 2. The maximum absolute atomic E-state index is 13.8. The van der Waals surface area contributed by atoms with Crippen molar-refractivity contribution in [3.8, 4) is 16.8 Å². The van der Waals surface area contributed by atoms with E-state index in [0.717, 1.165) is 63.8 Å². The molecular formula is C32H28N4O2S2.